The van der Waals surface area contributed by atoms with E-state index in [0.717, 1.165) is 30.8 Å². The fourth-order valence-corrected chi connectivity index (χ4v) is 2.90. The van der Waals surface area contributed by atoms with Crippen molar-refractivity contribution < 1.29 is 0 Å². The first kappa shape index (κ1) is 11.0. The number of thiophene rings is 1. The van der Waals surface area contributed by atoms with Gasteiger partial charge in [-0.25, -0.2) is 0 Å². The standard InChI is InChI=1S/C11H10BN3S/c12-9-5-11(16-10(9)7-14)15-4-2-1-3-8(15)6-13/h5,8H,1-4H2. The van der Waals surface area contributed by atoms with Crippen molar-refractivity contribution in [1.29, 1.82) is 10.5 Å². The highest BCUT2D eigenvalue weighted by Gasteiger charge is 2.23. The zero-order chi connectivity index (χ0) is 11.5. The van der Waals surface area contributed by atoms with Crippen LogP contribution in [0.2, 0.25) is 0 Å². The number of nitriles is 2. The Morgan fingerprint density at radius 2 is 2.25 bits per heavy atom. The molecule has 1 unspecified atom stereocenters. The van der Waals surface area contributed by atoms with Gasteiger partial charge >= 0.3 is 0 Å². The lowest BCUT2D eigenvalue weighted by Gasteiger charge is -2.31. The van der Waals surface area contributed by atoms with Gasteiger partial charge in [0.15, 0.2) is 0 Å². The Balaban J connectivity index is 2.29. The van der Waals surface area contributed by atoms with Gasteiger partial charge in [-0.3, -0.25) is 0 Å². The van der Waals surface area contributed by atoms with E-state index < -0.39 is 0 Å². The van der Waals surface area contributed by atoms with E-state index >= 15 is 0 Å². The first-order valence-electron chi connectivity index (χ1n) is 5.22. The number of hydrogen-bond acceptors (Lipinski definition) is 4. The topological polar surface area (TPSA) is 50.8 Å². The van der Waals surface area contributed by atoms with Crippen LogP contribution < -0.4 is 10.4 Å². The predicted octanol–water partition coefficient (Wildman–Crippen LogP) is 1.30. The van der Waals surface area contributed by atoms with E-state index in [1.54, 1.807) is 6.07 Å². The summed E-state index contributed by atoms with van der Waals surface area (Å²) >= 11 is 1.37. The second kappa shape index (κ2) is 4.59. The second-order valence-electron chi connectivity index (χ2n) is 3.81. The molecule has 1 fully saturated rings. The summed E-state index contributed by atoms with van der Waals surface area (Å²) in [5.41, 5.74) is 0.518. The summed E-state index contributed by atoms with van der Waals surface area (Å²) in [6.45, 7) is 0.878. The number of anilines is 1. The maximum absolute atomic E-state index is 9.07. The molecule has 1 aliphatic heterocycles. The number of piperidine rings is 1. The van der Waals surface area contributed by atoms with Crippen LogP contribution in [0.1, 0.15) is 24.1 Å². The van der Waals surface area contributed by atoms with Crippen LogP contribution in [-0.4, -0.2) is 20.4 Å². The SMILES string of the molecule is [B]c1cc(N2CCCCC2C#N)sc1C#N. The Hall–Kier alpha value is -1.46. The molecule has 16 heavy (non-hydrogen) atoms. The first-order chi connectivity index (χ1) is 7.76. The number of rotatable bonds is 1. The summed E-state index contributed by atoms with van der Waals surface area (Å²) in [4.78, 5) is 2.60. The molecule has 0 amide bonds. The van der Waals surface area contributed by atoms with Crippen molar-refractivity contribution in [1.82, 2.24) is 0 Å². The third-order valence-electron chi connectivity index (χ3n) is 2.78. The summed E-state index contributed by atoms with van der Waals surface area (Å²) in [5.74, 6) is 0. The molecular formula is C11H10BN3S. The van der Waals surface area contributed by atoms with E-state index in [-0.39, 0.29) is 6.04 Å². The Bertz CT molecular complexity index is 469. The van der Waals surface area contributed by atoms with Crippen LogP contribution in [0.15, 0.2) is 6.07 Å². The van der Waals surface area contributed by atoms with Crippen LogP contribution in [0.4, 0.5) is 5.00 Å². The summed E-state index contributed by atoms with van der Waals surface area (Å²) in [5, 5.41) is 18.9. The van der Waals surface area contributed by atoms with Gasteiger partial charge in [0, 0.05) is 6.54 Å². The van der Waals surface area contributed by atoms with Gasteiger partial charge in [0.2, 0.25) is 0 Å². The van der Waals surface area contributed by atoms with Crippen LogP contribution in [0, 0.1) is 22.7 Å². The molecule has 5 heteroatoms. The molecule has 1 saturated heterocycles. The van der Waals surface area contributed by atoms with Gasteiger partial charge in [-0.2, -0.15) is 10.5 Å². The fourth-order valence-electron chi connectivity index (χ4n) is 1.95. The van der Waals surface area contributed by atoms with E-state index in [2.05, 4.69) is 17.0 Å². The lowest BCUT2D eigenvalue weighted by Crippen LogP contribution is -2.38. The van der Waals surface area contributed by atoms with Crippen molar-refractivity contribution in [2.75, 3.05) is 11.4 Å². The largest absolute Gasteiger partial charge is 0.347 e. The average Bonchev–Trinajstić information content (AvgIpc) is 2.70. The van der Waals surface area contributed by atoms with Gasteiger partial charge in [-0.05, 0) is 25.3 Å². The zero-order valence-corrected chi connectivity index (χ0v) is 9.63. The molecule has 1 atom stereocenters. The molecule has 0 aliphatic carbocycles. The van der Waals surface area contributed by atoms with E-state index in [0.29, 0.717) is 10.3 Å². The maximum atomic E-state index is 9.07. The van der Waals surface area contributed by atoms with E-state index in [4.69, 9.17) is 18.4 Å². The van der Waals surface area contributed by atoms with Crippen molar-refractivity contribution in [3.63, 3.8) is 0 Å². The Kier molecular flexibility index (Phi) is 3.17. The van der Waals surface area contributed by atoms with Crippen LogP contribution in [-0.2, 0) is 0 Å². The molecule has 3 nitrogen and oxygen atoms in total. The lowest BCUT2D eigenvalue weighted by molar-refractivity contribution is 0.523. The molecule has 2 heterocycles. The Morgan fingerprint density at radius 3 is 2.88 bits per heavy atom. The van der Waals surface area contributed by atoms with Crippen LogP contribution >= 0.6 is 11.3 Å². The third kappa shape index (κ3) is 1.92. The lowest BCUT2D eigenvalue weighted by atomic mass is 9.97. The van der Waals surface area contributed by atoms with Gasteiger partial charge in [0.1, 0.15) is 20.0 Å². The second-order valence-corrected chi connectivity index (χ2v) is 4.85. The van der Waals surface area contributed by atoms with E-state index in [1.807, 2.05) is 0 Å². The minimum absolute atomic E-state index is 0.0710. The summed E-state index contributed by atoms with van der Waals surface area (Å²) < 4.78 is 0. The molecule has 0 aromatic carbocycles. The van der Waals surface area contributed by atoms with Gasteiger partial charge in [0.25, 0.3) is 0 Å². The summed E-state index contributed by atoms with van der Waals surface area (Å²) in [6.07, 6.45) is 3.09. The van der Waals surface area contributed by atoms with Gasteiger partial charge in [-0.1, -0.05) is 5.46 Å². The first-order valence-corrected chi connectivity index (χ1v) is 6.03. The highest BCUT2D eigenvalue weighted by molar-refractivity contribution is 7.17. The van der Waals surface area contributed by atoms with Gasteiger partial charge in [0.05, 0.1) is 15.9 Å². The molecule has 78 valence electrons. The average molecular weight is 227 g/mol. The van der Waals surface area contributed by atoms with Crippen molar-refractivity contribution in [2.24, 2.45) is 0 Å². The molecule has 1 aromatic heterocycles. The summed E-state index contributed by atoms with van der Waals surface area (Å²) in [7, 11) is 5.72. The normalized spacial score (nSPS) is 20.1. The van der Waals surface area contributed by atoms with E-state index in [9.17, 15) is 0 Å². The fraction of sp³-hybridized carbons (Fsp3) is 0.455. The van der Waals surface area contributed by atoms with Gasteiger partial charge < -0.3 is 4.90 Å². The molecule has 0 spiro atoms. The highest BCUT2D eigenvalue weighted by atomic mass is 32.1. The van der Waals surface area contributed by atoms with E-state index in [1.165, 1.54) is 11.3 Å². The maximum Gasteiger partial charge on any atom is 0.117 e. The van der Waals surface area contributed by atoms with Crippen LogP contribution in [0.25, 0.3) is 0 Å². The Morgan fingerprint density at radius 1 is 1.44 bits per heavy atom. The Labute approximate surface area is 100 Å². The van der Waals surface area contributed by atoms with Gasteiger partial charge in [-0.15, -0.1) is 11.3 Å². The quantitative estimate of drug-likeness (QED) is 0.679. The smallest absolute Gasteiger partial charge is 0.117 e. The van der Waals surface area contributed by atoms with Crippen LogP contribution in [0.5, 0.6) is 0 Å². The van der Waals surface area contributed by atoms with Crippen molar-refractivity contribution in [2.45, 2.75) is 25.3 Å². The molecule has 0 bridgehead atoms. The zero-order valence-electron chi connectivity index (χ0n) is 8.81. The third-order valence-corrected chi connectivity index (χ3v) is 3.88. The molecule has 2 radical (unpaired) electrons. The molecule has 1 aliphatic rings. The van der Waals surface area contributed by atoms with Crippen molar-refractivity contribution in [3.05, 3.63) is 10.9 Å². The molecule has 0 saturated carbocycles. The van der Waals surface area contributed by atoms with Crippen molar-refractivity contribution >= 4 is 29.6 Å². The van der Waals surface area contributed by atoms with Crippen molar-refractivity contribution in [3.8, 4) is 12.1 Å². The number of hydrogen-bond donors (Lipinski definition) is 0. The molecule has 2 rings (SSSR count). The number of nitrogens with zero attached hydrogens (tertiary/aromatic N) is 3. The molecule has 0 N–H and O–H groups in total. The minimum Gasteiger partial charge on any atom is -0.347 e. The molecular weight excluding hydrogens is 217 g/mol. The predicted molar refractivity (Wildman–Crippen MR) is 65.0 cm³/mol. The van der Waals surface area contributed by atoms with Crippen LogP contribution in [0.3, 0.4) is 0 Å². The molecule has 1 aromatic rings. The highest BCUT2D eigenvalue weighted by Crippen LogP contribution is 2.29. The monoisotopic (exact) mass is 227 g/mol. The minimum atomic E-state index is -0.0710. The summed E-state index contributed by atoms with van der Waals surface area (Å²) in [6, 6.07) is 6.11.